The van der Waals surface area contributed by atoms with Crippen LogP contribution in [-0.2, 0) is 9.59 Å². The molecule has 106 valence electrons. The number of aliphatic carboxylic acids is 2. The zero-order valence-corrected chi connectivity index (χ0v) is 11.4. The highest BCUT2D eigenvalue weighted by atomic mass is 16.4. The van der Waals surface area contributed by atoms with Gasteiger partial charge in [0.25, 0.3) is 0 Å². The molecular weight excluding hydrogens is 256 g/mol. The minimum absolute atomic E-state index is 0.343. The van der Waals surface area contributed by atoms with Gasteiger partial charge in [0.15, 0.2) is 0 Å². The van der Waals surface area contributed by atoms with Gasteiger partial charge in [0.05, 0.1) is 0 Å². The van der Waals surface area contributed by atoms with Crippen molar-refractivity contribution >= 4 is 18.0 Å². The first-order valence-corrected chi connectivity index (χ1v) is 6.49. The number of carbonyl (C=O) groups is 2. The number of carboxylic acid groups (broad SMARTS) is 2. The molecule has 20 heavy (non-hydrogen) atoms. The fourth-order valence-corrected chi connectivity index (χ4v) is 1.79. The van der Waals surface area contributed by atoms with E-state index in [4.69, 9.17) is 10.2 Å². The molecular formula is C16H18O4. The molecule has 0 atom stereocenters. The lowest BCUT2D eigenvalue weighted by Crippen LogP contribution is -2.14. The molecule has 2 N–H and O–H groups in total. The van der Waals surface area contributed by atoms with Crippen LogP contribution in [0.1, 0.15) is 31.7 Å². The van der Waals surface area contributed by atoms with Crippen LogP contribution in [0.5, 0.6) is 0 Å². The SMILES string of the molecule is CCCCC(C=Cc1ccccc1)=C(C(=O)O)C(=O)O. The monoisotopic (exact) mass is 274 g/mol. The first-order chi connectivity index (χ1) is 9.56. The second-order valence-electron chi connectivity index (χ2n) is 4.36. The predicted octanol–water partition coefficient (Wildman–Crippen LogP) is 3.36. The average molecular weight is 274 g/mol. The zero-order valence-electron chi connectivity index (χ0n) is 11.4. The standard InChI is InChI=1S/C16H18O4/c1-2-3-9-13(14(15(17)18)16(19)20)11-10-12-7-5-4-6-8-12/h4-8,10-11H,2-3,9H2,1H3,(H,17,18)(H,19,20). The van der Waals surface area contributed by atoms with Crippen LogP contribution in [0.15, 0.2) is 47.6 Å². The normalized spacial score (nSPS) is 10.4. The van der Waals surface area contributed by atoms with Gasteiger partial charge in [-0.3, -0.25) is 0 Å². The van der Waals surface area contributed by atoms with Crippen LogP contribution in [0.2, 0.25) is 0 Å². The molecule has 0 amide bonds. The third kappa shape index (κ3) is 4.72. The lowest BCUT2D eigenvalue weighted by atomic mass is 10.0. The molecule has 0 aliphatic heterocycles. The van der Waals surface area contributed by atoms with Gasteiger partial charge in [-0.15, -0.1) is 0 Å². The summed E-state index contributed by atoms with van der Waals surface area (Å²) in [6, 6.07) is 9.35. The Kier molecular flexibility index (Phi) is 6.23. The minimum Gasteiger partial charge on any atom is -0.477 e. The Bertz CT molecular complexity index is 511. The van der Waals surface area contributed by atoms with E-state index in [-0.39, 0.29) is 0 Å². The maximum absolute atomic E-state index is 11.1. The second-order valence-corrected chi connectivity index (χ2v) is 4.36. The molecule has 0 aliphatic carbocycles. The van der Waals surface area contributed by atoms with Gasteiger partial charge in [-0.2, -0.15) is 0 Å². The molecule has 0 saturated heterocycles. The van der Waals surface area contributed by atoms with E-state index in [1.807, 2.05) is 37.3 Å². The topological polar surface area (TPSA) is 74.6 Å². The van der Waals surface area contributed by atoms with Gasteiger partial charge < -0.3 is 10.2 Å². The third-order valence-corrected chi connectivity index (χ3v) is 2.83. The summed E-state index contributed by atoms with van der Waals surface area (Å²) in [6.07, 6.45) is 5.38. The molecule has 0 saturated carbocycles. The molecule has 4 nitrogen and oxygen atoms in total. The highest BCUT2D eigenvalue weighted by molar-refractivity contribution is 6.13. The van der Waals surface area contributed by atoms with Crippen molar-refractivity contribution in [2.75, 3.05) is 0 Å². The van der Waals surface area contributed by atoms with Crippen molar-refractivity contribution in [2.24, 2.45) is 0 Å². The van der Waals surface area contributed by atoms with E-state index in [1.54, 1.807) is 12.2 Å². The molecule has 0 spiro atoms. The average Bonchev–Trinajstić information content (AvgIpc) is 2.42. The summed E-state index contributed by atoms with van der Waals surface area (Å²) < 4.78 is 0. The summed E-state index contributed by atoms with van der Waals surface area (Å²) in [5.41, 5.74) is 0.693. The fraction of sp³-hybridized carbons (Fsp3) is 0.250. The molecule has 0 unspecified atom stereocenters. The Morgan fingerprint density at radius 2 is 1.70 bits per heavy atom. The highest BCUT2D eigenvalue weighted by Crippen LogP contribution is 2.17. The van der Waals surface area contributed by atoms with Crippen LogP contribution < -0.4 is 0 Å². The van der Waals surface area contributed by atoms with Crippen molar-refractivity contribution in [3.8, 4) is 0 Å². The van der Waals surface area contributed by atoms with E-state index in [0.717, 1.165) is 18.4 Å². The van der Waals surface area contributed by atoms with Crippen molar-refractivity contribution < 1.29 is 19.8 Å². The van der Waals surface area contributed by atoms with E-state index in [0.29, 0.717) is 12.0 Å². The van der Waals surface area contributed by atoms with Gasteiger partial charge in [-0.05, 0) is 24.0 Å². The molecule has 4 heteroatoms. The molecule has 0 aromatic heterocycles. The fourth-order valence-electron chi connectivity index (χ4n) is 1.79. The zero-order chi connectivity index (χ0) is 15.0. The molecule has 1 aromatic carbocycles. The van der Waals surface area contributed by atoms with Crippen LogP contribution in [0.3, 0.4) is 0 Å². The molecule has 0 heterocycles. The van der Waals surface area contributed by atoms with Crippen molar-refractivity contribution in [2.45, 2.75) is 26.2 Å². The lowest BCUT2D eigenvalue weighted by molar-refractivity contribution is -0.140. The summed E-state index contributed by atoms with van der Waals surface area (Å²) >= 11 is 0. The molecule has 1 aromatic rings. The molecule has 0 bridgehead atoms. The number of rotatable bonds is 7. The Morgan fingerprint density at radius 1 is 1.10 bits per heavy atom. The highest BCUT2D eigenvalue weighted by Gasteiger charge is 2.20. The number of carboxylic acids is 2. The number of unbranched alkanes of at least 4 members (excludes halogenated alkanes) is 1. The number of allylic oxidation sites excluding steroid dienone is 2. The first kappa shape index (κ1) is 15.7. The number of hydrogen-bond donors (Lipinski definition) is 2. The van der Waals surface area contributed by atoms with Gasteiger partial charge in [0, 0.05) is 0 Å². The predicted molar refractivity (Wildman–Crippen MR) is 77.3 cm³/mol. The van der Waals surface area contributed by atoms with Gasteiger partial charge >= 0.3 is 11.9 Å². The molecule has 0 radical (unpaired) electrons. The van der Waals surface area contributed by atoms with Crippen molar-refractivity contribution in [3.05, 3.63) is 53.1 Å². The van der Waals surface area contributed by atoms with Crippen LogP contribution in [0, 0.1) is 0 Å². The van der Waals surface area contributed by atoms with Crippen molar-refractivity contribution in [1.82, 2.24) is 0 Å². The van der Waals surface area contributed by atoms with Crippen LogP contribution in [-0.4, -0.2) is 22.2 Å². The Hall–Kier alpha value is -2.36. The van der Waals surface area contributed by atoms with Gasteiger partial charge in [-0.1, -0.05) is 55.8 Å². The van der Waals surface area contributed by atoms with Crippen molar-refractivity contribution in [1.29, 1.82) is 0 Å². The minimum atomic E-state index is -1.40. The Morgan fingerprint density at radius 3 is 2.20 bits per heavy atom. The van der Waals surface area contributed by atoms with Crippen LogP contribution in [0.25, 0.3) is 6.08 Å². The Labute approximate surface area is 118 Å². The van der Waals surface area contributed by atoms with Gasteiger partial charge in [0.2, 0.25) is 0 Å². The quantitative estimate of drug-likeness (QED) is 0.346. The smallest absolute Gasteiger partial charge is 0.343 e. The second kappa shape index (κ2) is 7.94. The largest absolute Gasteiger partial charge is 0.477 e. The summed E-state index contributed by atoms with van der Waals surface area (Å²) in [6.45, 7) is 1.97. The van der Waals surface area contributed by atoms with Crippen LogP contribution in [0.4, 0.5) is 0 Å². The molecule has 0 fully saturated rings. The van der Waals surface area contributed by atoms with Crippen molar-refractivity contribution in [3.63, 3.8) is 0 Å². The van der Waals surface area contributed by atoms with Gasteiger partial charge in [0.1, 0.15) is 5.57 Å². The van der Waals surface area contributed by atoms with E-state index in [1.165, 1.54) is 0 Å². The van der Waals surface area contributed by atoms with E-state index >= 15 is 0 Å². The van der Waals surface area contributed by atoms with E-state index in [9.17, 15) is 9.59 Å². The molecule has 1 rings (SSSR count). The maximum atomic E-state index is 11.1. The lowest BCUT2D eigenvalue weighted by Gasteiger charge is -2.05. The summed E-state index contributed by atoms with van der Waals surface area (Å²) in [7, 11) is 0. The maximum Gasteiger partial charge on any atom is 0.343 e. The summed E-state index contributed by atoms with van der Waals surface area (Å²) in [4.78, 5) is 22.2. The van der Waals surface area contributed by atoms with Gasteiger partial charge in [-0.25, -0.2) is 9.59 Å². The summed E-state index contributed by atoms with van der Waals surface area (Å²) in [5, 5.41) is 18.1. The summed E-state index contributed by atoms with van der Waals surface area (Å²) in [5.74, 6) is -2.80. The first-order valence-electron chi connectivity index (χ1n) is 6.49. The Balaban J connectivity index is 3.11. The van der Waals surface area contributed by atoms with E-state index in [2.05, 4.69) is 0 Å². The third-order valence-electron chi connectivity index (χ3n) is 2.83. The number of benzene rings is 1. The number of hydrogen-bond acceptors (Lipinski definition) is 2. The van der Waals surface area contributed by atoms with E-state index < -0.39 is 17.5 Å². The molecule has 0 aliphatic rings. The van der Waals surface area contributed by atoms with Crippen LogP contribution >= 0.6 is 0 Å².